The molecule has 0 bridgehead atoms. The third-order valence-electron chi connectivity index (χ3n) is 7.67. The van der Waals surface area contributed by atoms with Crippen molar-refractivity contribution in [1.82, 2.24) is 20.9 Å². The van der Waals surface area contributed by atoms with Crippen molar-refractivity contribution in [1.29, 1.82) is 0 Å². The molecule has 43 heavy (non-hydrogen) atoms. The molecule has 0 aromatic heterocycles. The first-order valence-corrected chi connectivity index (χ1v) is 15.2. The molecule has 3 aromatic rings. The number of rotatable bonds is 11. The van der Waals surface area contributed by atoms with Crippen LogP contribution in [0.3, 0.4) is 0 Å². The molecule has 3 atom stereocenters. The number of methoxy groups -OCH3 is 1. The summed E-state index contributed by atoms with van der Waals surface area (Å²) >= 11 is 1.48. The van der Waals surface area contributed by atoms with Gasteiger partial charge in [0.1, 0.15) is 11.8 Å². The first-order valence-electron chi connectivity index (χ1n) is 14.3. The Kier molecular flexibility index (Phi) is 10.7. The van der Waals surface area contributed by atoms with Gasteiger partial charge < -0.3 is 30.7 Å². The van der Waals surface area contributed by atoms with Gasteiger partial charge in [-0.15, -0.1) is 11.8 Å². The van der Waals surface area contributed by atoms with Crippen molar-refractivity contribution in [3.63, 3.8) is 0 Å². The Hall–Kier alpha value is -4.02. The topological polar surface area (TPSA) is 120 Å². The summed E-state index contributed by atoms with van der Waals surface area (Å²) in [4.78, 5) is 41.8. The normalized spacial score (nSPS) is 17.0. The number of aliphatic hydroxyl groups is 1. The molecule has 0 aliphatic carbocycles. The van der Waals surface area contributed by atoms with Gasteiger partial charge in [-0.2, -0.15) is 0 Å². The number of ether oxygens (including phenoxy) is 1. The zero-order chi connectivity index (χ0) is 31.0. The number of amides is 4. The van der Waals surface area contributed by atoms with Crippen molar-refractivity contribution in [2.75, 3.05) is 13.0 Å². The maximum absolute atomic E-state index is 13.8. The Labute approximate surface area is 257 Å². The van der Waals surface area contributed by atoms with Crippen LogP contribution in [0.25, 0.3) is 0 Å². The third kappa shape index (κ3) is 8.09. The molecule has 4 rings (SSSR count). The summed E-state index contributed by atoms with van der Waals surface area (Å²) in [5, 5.41) is 20.0. The number of hydrogen-bond acceptors (Lipinski definition) is 6. The standard InChI is InChI=1S/C33H40N4O5S/c1-22-12-8-9-15-24(22)19-34-30(39)29-33(2,3)43-21-37(29)31(40)28(38)26(18-23-13-6-5-7-14-23)36-32(41)35-20-25-16-10-11-17-27(25)42-4/h5-17,26,28-29,38H,18-21H2,1-4H3,(H,34,39)(H2,35,36,41)/t26-,28-,29+/m0/s1. The van der Waals surface area contributed by atoms with E-state index >= 15 is 0 Å². The maximum atomic E-state index is 13.8. The highest BCUT2D eigenvalue weighted by Crippen LogP contribution is 2.40. The number of nitrogens with one attached hydrogen (secondary N) is 3. The first-order chi connectivity index (χ1) is 20.6. The van der Waals surface area contributed by atoms with Crippen LogP contribution in [0.15, 0.2) is 78.9 Å². The molecule has 3 aromatic carbocycles. The van der Waals surface area contributed by atoms with Crippen molar-refractivity contribution >= 4 is 29.6 Å². The highest BCUT2D eigenvalue weighted by Gasteiger charge is 2.49. The zero-order valence-corrected chi connectivity index (χ0v) is 25.8. The molecule has 4 N–H and O–H groups in total. The van der Waals surface area contributed by atoms with E-state index < -0.39 is 34.9 Å². The number of carbonyl (C=O) groups is 3. The lowest BCUT2D eigenvalue weighted by Gasteiger charge is -2.33. The zero-order valence-electron chi connectivity index (χ0n) is 25.0. The molecule has 4 amide bonds. The van der Waals surface area contributed by atoms with Crippen molar-refractivity contribution in [3.05, 3.63) is 101 Å². The van der Waals surface area contributed by atoms with Gasteiger partial charge in [-0.3, -0.25) is 9.59 Å². The number of carbonyl (C=O) groups excluding carboxylic acids is 3. The van der Waals surface area contributed by atoms with E-state index in [2.05, 4.69) is 16.0 Å². The van der Waals surface area contributed by atoms with Gasteiger partial charge in [0.05, 0.1) is 19.0 Å². The summed E-state index contributed by atoms with van der Waals surface area (Å²) in [5.74, 6) is -0.0237. The van der Waals surface area contributed by atoms with Crippen LogP contribution in [-0.4, -0.2) is 63.8 Å². The van der Waals surface area contributed by atoms with Crippen LogP contribution in [0.2, 0.25) is 0 Å². The summed E-state index contributed by atoms with van der Waals surface area (Å²) in [6.07, 6.45) is -1.37. The van der Waals surface area contributed by atoms with E-state index in [4.69, 9.17) is 4.74 Å². The number of aliphatic hydroxyl groups excluding tert-OH is 1. The van der Waals surface area contributed by atoms with E-state index in [0.29, 0.717) is 12.3 Å². The lowest BCUT2D eigenvalue weighted by atomic mass is 9.97. The van der Waals surface area contributed by atoms with Crippen LogP contribution < -0.4 is 20.7 Å². The van der Waals surface area contributed by atoms with Gasteiger partial charge in [0.2, 0.25) is 5.91 Å². The van der Waals surface area contributed by atoms with Crippen molar-refractivity contribution < 1.29 is 24.2 Å². The van der Waals surface area contributed by atoms with Gasteiger partial charge >= 0.3 is 6.03 Å². The van der Waals surface area contributed by atoms with Crippen molar-refractivity contribution in [3.8, 4) is 5.75 Å². The Morgan fingerprint density at radius 3 is 2.28 bits per heavy atom. The minimum Gasteiger partial charge on any atom is -0.496 e. The van der Waals surface area contributed by atoms with Gasteiger partial charge in [-0.1, -0.05) is 72.8 Å². The summed E-state index contributed by atoms with van der Waals surface area (Å²) < 4.78 is 4.78. The SMILES string of the molecule is COc1ccccc1CNC(=O)N[C@@H](Cc1ccccc1)[C@H](O)C(=O)N1CSC(C)(C)[C@H]1C(=O)NCc1ccccc1C. The predicted octanol–water partition coefficient (Wildman–Crippen LogP) is 3.77. The molecule has 0 saturated carbocycles. The molecule has 10 heteroatoms. The first kappa shape index (κ1) is 31.9. The van der Waals surface area contributed by atoms with Gasteiger partial charge in [0, 0.05) is 23.4 Å². The number of hydrogen-bond donors (Lipinski definition) is 4. The molecular formula is C33H40N4O5S. The van der Waals surface area contributed by atoms with Crippen LogP contribution in [0, 0.1) is 6.92 Å². The van der Waals surface area contributed by atoms with Crippen molar-refractivity contribution in [2.45, 2.75) is 63.2 Å². The number of benzene rings is 3. The number of nitrogens with zero attached hydrogens (tertiary/aromatic N) is 1. The Morgan fingerprint density at radius 2 is 1.58 bits per heavy atom. The van der Waals surface area contributed by atoms with Crippen LogP contribution in [0.4, 0.5) is 4.79 Å². The molecule has 1 heterocycles. The number of urea groups is 1. The molecular weight excluding hydrogens is 564 g/mol. The fraction of sp³-hybridized carbons (Fsp3) is 0.364. The monoisotopic (exact) mass is 604 g/mol. The Balaban J connectivity index is 1.48. The van der Waals surface area contributed by atoms with E-state index in [9.17, 15) is 19.5 Å². The van der Waals surface area contributed by atoms with Crippen LogP contribution in [0.5, 0.6) is 5.75 Å². The summed E-state index contributed by atoms with van der Waals surface area (Å²) in [6.45, 7) is 6.34. The molecule has 1 aliphatic heterocycles. The highest BCUT2D eigenvalue weighted by atomic mass is 32.2. The molecule has 9 nitrogen and oxygen atoms in total. The molecule has 228 valence electrons. The minimum atomic E-state index is -1.58. The summed E-state index contributed by atoms with van der Waals surface area (Å²) in [5.41, 5.74) is 3.67. The summed E-state index contributed by atoms with van der Waals surface area (Å²) in [7, 11) is 1.56. The van der Waals surface area contributed by atoms with Gasteiger partial charge in [-0.25, -0.2) is 4.79 Å². The maximum Gasteiger partial charge on any atom is 0.315 e. The average Bonchev–Trinajstić information content (AvgIpc) is 3.33. The van der Waals surface area contributed by atoms with Crippen LogP contribution in [-0.2, 0) is 29.1 Å². The molecule has 0 radical (unpaired) electrons. The fourth-order valence-corrected chi connectivity index (χ4v) is 6.34. The number of thioether (sulfide) groups is 1. The molecule has 1 saturated heterocycles. The lowest BCUT2D eigenvalue weighted by molar-refractivity contribution is -0.147. The Bertz CT molecular complexity index is 1420. The van der Waals surface area contributed by atoms with Crippen molar-refractivity contribution in [2.24, 2.45) is 0 Å². The molecule has 1 fully saturated rings. The largest absolute Gasteiger partial charge is 0.496 e. The second-order valence-corrected chi connectivity index (χ2v) is 12.7. The van der Waals surface area contributed by atoms with E-state index in [1.54, 1.807) is 13.2 Å². The number of aryl methyl sites for hydroxylation is 1. The van der Waals surface area contributed by atoms with E-state index in [0.717, 1.165) is 22.3 Å². The van der Waals surface area contributed by atoms with E-state index in [-0.39, 0.29) is 24.7 Å². The van der Waals surface area contributed by atoms with Gasteiger partial charge in [-0.05, 0) is 49.9 Å². The minimum absolute atomic E-state index is 0.192. The Morgan fingerprint density at radius 1 is 0.953 bits per heavy atom. The smallest absolute Gasteiger partial charge is 0.315 e. The molecule has 0 unspecified atom stereocenters. The van der Waals surface area contributed by atoms with E-state index in [1.807, 2.05) is 93.6 Å². The number of para-hydroxylation sites is 1. The van der Waals surface area contributed by atoms with Gasteiger partial charge in [0.15, 0.2) is 6.10 Å². The molecule has 0 spiro atoms. The van der Waals surface area contributed by atoms with Crippen LogP contribution >= 0.6 is 11.8 Å². The average molecular weight is 605 g/mol. The fourth-order valence-electron chi connectivity index (χ4n) is 5.20. The van der Waals surface area contributed by atoms with E-state index in [1.165, 1.54) is 16.7 Å². The quantitative estimate of drug-likeness (QED) is 0.265. The lowest BCUT2D eigenvalue weighted by Crippen LogP contribution is -2.59. The second kappa shape index (κ2) is 14.4. The summed E-state index contributed by atoms with van der Waals surface area (Å²) in [6, 6.07) is 22.2. The highest BCUT2D eigenvalue weighted by molar-refractivity contribution is 8.00. The van der Waals surface area contributed by atoms with Gasteiger partial charge in [0.25, 0.3) is 5.91 Å². The predicted molar refractivity (Wildman–Crippen MR) is 169 cm³/mol. The second-order valence-electron chi connectivity index (χ2n) is 11.1. The van der Waals surface area contributed by atoms with Crippen LogP contribution in [0.1, 0.15) is 36.1 Å². The molecule has 1 aliphatic rings. The third-order valence-corrected chi connectivity index (χ3v) is 9.05.